The summed E-state index contributed by atoms with van der Waals surface area (Å²) in [6.45, 7) is -0.186. The molecule has 1 amide bonds. The number of carbonyl (C=O) groups is 2. The second kappa shape index (κ2) is 5.88. The number of nitrogens with one attached hydrogen (secondary N) is 1. The highest BCUT2D eigenvalue weighted by molar-refractivity contribution is 7.17. The number of rotatable bonds is 3. The fraction of sp³-hybridized carbons (Fsp3) is 0.333. The molecule has 0 bridgehead atoms. The number of fused-ring (bicyclic) bond motifs is 2. The first-order chi connectivity index (χ1) is 12.0. The van der Waals surface area contributed by atoms with Gasteiger partial charge in [0.1, 0.15) is 18.3 Å². The monoisotopic (exact) mass is 358 g/mol. The van der Waals surface area contributed by atoms with Gasteiger partial charge in [-0.25, -0.2) is 9.97 Å². The zero-order valence-electron chi connectivity index (χ0n) is 13.4. The summed E-state index contributed by atoms with van der Waals surface area (Å²) in [7, 11) is 1.69. The number of anilines is 1. The Bertz CT molecular complexity index is 1060. The molecule has 0 saturated carbocycles. The Morgan fingerprint density at radius 3 is 3.00 bits per heavy atom. The first-order valence-corrected chi connectivity index (χ1v) is 8.54. The van der Waals surface area contributed by atoms with Crippen molar-refractivity contribution in [3.05, 3.63) is 33.4 Å². The molecular formula is C15H14N6O3S. The summed E-state index contributed by atoms with van der Waals surface area (Å²) in [6, 6.07) is 0. The topological polar surface area (TPSA) is 112 Å². The average Bonchev–Trinajstić information content (AvgIpc) is 3.15. The second-order valence-electron chi connectivity index (χ2n) is 5.80. The van der Waals surface area contributed by atoms with Crippen molar-refractivity contribution >= 4 is 39.2 Å². The van der Waals surface area contributed by atoms with E-state index >= 15 is 0 Å². The van der Waals surface area contributed by atoms with Crippen molar-refractivity contribution < 1.29 is 9.59 Å². The molecule has 0 radical (unpaired) electrons. The van der Waals surface area contributed by atoms with E-state index in [1.54, 1.807) is 7.05 Å². The summed E-state index contributed by atoms with van der Waals surface area (Å²) >= 11 is 1.18. The van der Waals surface area contributed by atoms with E-state index in [1.807, 2.05) is 0 Å². The van der Waals surface area contributed by atoms with Gasteiger partial charge in [0.15, 0.2) is 16.6 Å². The van der Waals surface area contributed by atoms with Crippen molar-refractivity contribution in [3.63, 3.8) is 0 Å². The molecule has 3 aromatic heterocycles. The van der Waals surface area contributed by atoms with Crippen LogP contribution in [0.3, 0.4) is 0 Å². The Morgan fingerprint density at radius 1 is 1.36 bits per heavy atom. The minimum Gasteiger partial charge on any atom is -0.300 e. The normalized spacial score (nSPS) is 13.9. The lowest BCUT2D eigenvalue weighted by Crippen LogP contribution is -2.27. The van der Waals surface area contributed by atoms with Gasteiger partial charge < -0.3 is 5.32 Å². The van der Waals surface area contributed by atoms with Crippen LogP contribution in [0, 0.1) is 0 Å². The van der Waals surface area contributed by atoms with Crippen LogP contribution < -0.4 is 10.9 Å². The van der Waals surface area contributed by atoms with Crippen LogP contribution in [-0.4, -0.2) is 36.0 Å². The molecule has 4 rings (SSSR count). The molecule has 1 N–H and O–H groups in total. The number of hydrogen-bond acceptors (Lipinski definition) is 7. The number of aromatic nitrogens is 5. The number of nitrogens with zero attached hydrogens (tertiary/aromatic N) is 5. The van der Waals surface area contributed by atoms with Crippen LogP contribution in [0.4, 0.5) is 5.13 Å². The summed E-state index contributed by atoms with van der Waals surface area (Å²) < 4.78 is 2.72. The second-order valence-corrected chi connectivity index (χ2v) is 6.80. The molecule has 3 aromatic rings. The summed E-state index contributed by atoms with van der Waals surface area (Å²) in [5, 5.41) is 7.38. The Labute approximate surface area is 145 Å². The van der Waals surface area contributed by atoms with Gasteiger partial charge in [-0.1, -0.05) is 11.3 Å². The van der Waals surface area contributed by atoms with Crippen molar-refractivity contribution in [2.45, 2.75) is 25.8 Å². The van der Waals surface area contributed by atoms with Gasteiger partial charge in [0.25, 0.3) is 5.56 Å². The van der Waals surface area contributed by atoms with E-state index in [0.29, 0.717) is 27.5 Å². The molecule has 0 aromatic carbocycles. The number of ketones is 1. The zero-order chi connectivity index (χ0) is 17.6. The third-order valence-corrected chi connectivity index (χ3v) is 5.10. The molecule has 0 spiro atoms. The highest BCUT2D eigenvalue weighted by atomic mass is 32.1. The van der Waals surface area contributed by atoms with Crippen molar-refractivity contribution in [2.75, 3.05) is 5.32 Å². The highest BCUT2D eigenvalue weighted by Gasteiger charge is 2.23. The smallest absolute Gasteiger partial charge is 0.264 e. The van der Waals surface area contributed by atoms with E-state index < -0.39 is 5.91 Å². The van der Waals surface area contributed by atoms with E-state index in [0.717, 1.165) is 18.5 Å². The first kappa shape index (κ1) is 15.6. The van der Waals surface area contributed by atoms with Gasteiger partial charge in [-0.2, -0.15) is 5.10 Å². The zero-order valence-corrected chi connectivity index (χ0v) is 14.2. The lowest BCUT2D eigenvalue weighted by molar-refractivity contribution is -0.116. The Hall–Kier alpha value is -2.88. The molecule has 3 heterocycles. The molecule has 128 valence electrons. The van der Waals surface area contributed by atoms with Crippen LogP contribution >= 0.6 is 11.3 Å². The molecule has 0 unspecified atom stereocenters. The van der Waals surface area contributed by atoms with Crippen molar-refractivity contribution in [3.8, 4) is 0 Å². The molecule has 10 heteroatoms. The molecule has 0 aliphatic heterocycles. The summed E-state index contributed by atoms with van der Waals surface area (Å²) in [5.41, 5.74) is 0.877. The number of thiazole rings is 1. The van der Waals surface area contributed by atoms with Gasteiger partial charge >= 0.3 is 0 Å². The van der Waals surface area contributed by atoms with E-state index in [-0.39, 0.29) is 17.9 Å². The highest BCUT2D eigenvalue weighted by Crippen LogP contribution is 2.29. The van der Waals surface area contributed by atoms with Crippen molar-refractivity contribution in [2.24, 2.45) is 7.05 Å². The van der Waals surface area contributed by atoms with Gasteiger partial charge in [0, 0.05) is 13.5 Å². The maximum atomic E-state index is 12.4. The first-order valence-electron chi connectivity index (χ1n) is 7.73. The third kappa shape index (κ3) is 2.74. The predicted molar refractivity (Wildman–Crippen MR) is 90.8 cm³/mol. The van der Waals surface area contributed by atoms with E-state index in [1.165, 1.54) is 33.1 Å². The number of hydrogen-bond donors (Lipinski definition) is 1. The van der Waals surface area contributed by atoms with Crippen LogP contribution in [0.5, 0.6) is 0 Å². The number of amides is 1. The van der Waals surface area contributed by atoms with Crippen LogP contribution in [0.1, 0.15) is 28.2 Å². The van der Waals surface area contributed by atoms with Gasteiger partial charge in [-0.15, -0.1) is 0 Å². The van der Waals surface area contributed by atoms with E-state index in [2.05, 4.69) is 20.4 Å². The molecule has 1 aliphatic rings. The summed E-state index contributed by atoms with van der Waals surface area (Å²) in [6.07, 6.45) is 4.81. The molecule has 25 heavy (non-hydrogen) atoms. The summed E-state index contributed by atoms with van der Waals surface area (Å²) in [5.74, 6) is -0.326. The van der Waals surface area contributed by atoms with Crippen molar-refractivity contribution in [1.29, 1.82) is 0 Å². The van der Waals surface area contributed by atoms with Crippen LogP contribution in [0.2, 0.25) is 0 Å². The van der Waals surface area contributed by atoms with Crippen LogP contribution in [-0.2, 0) is 24.8 Å². The minimum atomic E-state index is -0.398. The fourth-order valence-electron chi connectivity index (χ4n) is 2.82. The maximum absolute atomic E-state index is 12.4. The predicted octanol–water partition coefficient (Wildman–Crippen LogP) is 0.744. The Morgan fingerprint density at radius 2 is 2.20 bits per heavy atom. The standard InChI is InChI=1S/C15H14N6O3S/c1-20-13-8(5-17-20)14(24)21(7-16-13)6-11(23)19-15-18-9-3-2-4-10(22)12(9)25-15/h5,7H,2-4,6H2,1H3,(H,18,19,23). The molecule has 9 nitrogen and oxygen atoms in total. The lowest BCUT2D eigenvalue weighted by Gasteiger charge is -2.05. The maximum Gasteiger partial charge on any atom is 0.264 e. The molecule has 0 fully saturated rings. The fourth-order valence-corrected chi connectivity index (χ4v) is 3.81. The summed E-state index contributed by atoms with van der Waals surface area (Å²) in [4.78, 5) is 45.5. The van der Waals surface area contributed by atoms with Crippen LogP contribution in [0.25, 0.3) is 11.0 Å². The Balaban J connectivity index is 1.54. The molecule has 0 saturated heterocycles. The average molecular weight is 358 g/mol. The van der Waals surface area contributed by atoms with E-state index in [4.69, 9.17) is 0 Å². The van der Waals surface area contributed by atoms with Gasteiger partial charge in [-0.3, -0.25) is 23.6 Å². The van der Waals surface area contributed by atoms with Gasteiger partial charge in [0.2, 0.25) is 5.91 Å². The largest absolute Gasteiger partial charge is 0.300 e. The lowest BCUT2D eigenvalue weighted by atomic mass is 10.0. The Kier molecular flexibility index (Phi) is 3.68. The number of Topliss-reactive ketones (excluding diaryl/α,β-unsaturated/α-hetero) is 1. The molecular weight excluding hydrogens is 344 g/mol. The van der Waals surface area contributed by atoms with Gasteiger partial charge in [0.05, 0.1) is 16.8 Å². The minimum absolute atomic E-state index is 0.0710. The van der Waals surface area contributed by atoms with Gasteiger partial charge in [-0.05, 0) is 12.8 Å². The molecule has 1 aliphatic carbocycles. The van der Waals surface area contributed by atoms with E-state index in [9.17, 15) is 14.4 Å². The van der Waals surface area contributed by atoms with Crippen molar-refractivity contribution in [1.82, 2.24) is 24.3 Å². The molecule has 0 atom stereocenters. The number of aryl methyl sites for hydroxylation is 2. The quantitative estimate of drug-likeness (QED) is 0.739. The number of carbonyl (C=O) groups excluding carboxylic acids is 2. The third-order valence-electron chi connectivity index (χ3n) is 4.05. The SMILES string of the molecule is Cn1ncc2c(=O)n(CC(=O)Nc3nc4c(s3)C(=O)CCC4)cnc21. The van der Waals surface area contributed by atoms with Crippen LogP contribution in [0.15, 0.2) is 17.3 Å².